The van der Waals surface area contributed by atoms with E-state index < -0.39 is 0 Å². The molecule has 2 aromatic rings. The summed E-state index contributed by atoms with van der Waals surface area (Å²) in [5, 5.41) is 7.86. The number of nitrogens with zero attached hydrogens (tertiary/aromatic N) is 3. The highest BCUT2D eigenvalue weighted by Gasteiger charge is 2.32. The Morgan fingerprint density at radius 3 is 3.00 bits per heavy atom. The first kappa shape index (κ1) is 16.1. The van der Waals surface area contributed by atoms with E-state index in [1.54, 1.807) is 12.3 Å². The second-order valence-corrected chi connectivity index (χ2v) is 6.59. The molecule has 1 aliphatic rings. The molecule has 1 fully saturated rings. The molecule has 0 spiro atoms. The van der Waals surface area contributed by atoms with E-state index in [-0.39, 0.29) is 11.9 Å². The number of carbonyl (C=O) groups excluding carboxylic acids is 1. The quantitative estimate of drug-likeness (QED) is 0.900. The lowest BCUT2D eigenvalue weighted by molar-refractivity contribution is 0.0876. The third kappa shape index (κ3) is 3.43. The molecule has 3 heterocycles. The summed E-state index contributed by atoms with van der Waals surface area (Å²) in [6.07, 6.45) is 5.67. The number of nitrogens with one attached hydrogen (secondary N) is 2. The number of piperidine rings is 1. The van der Waals surface area contributed by atoms with E-state index in [9.17, 15) is 4.79 Å². The molecule has 0 radical (unpaired) electrons. The van der Waals surface area contributed by atoms with Crippen molar-refractivity contribution in [2.45, 2.75) is 18.9 Å². The SMILES string of the molecule is CN1CCC[C@@H](CNC(=O)c2cc(Cl)c[nH]2)[C@@H]1c1ccnn1C. The van der Waals surface area contributed by atoms with Gasteiger partial charge in [0.25, 0.3) is 5.91 Å². The van der Waals surface area contributed by atoms with Crippen LogP contribution in [0.3, 0.4) is 0 Å². The Bertz CT molecular complexity index is 680. The van der Waals surface area contributed by atoms with Gasteiger partial charge in [0.05, 0.1) is 16.8 Å². The van der Waals surface area contributed by atoms with E-state index in [4.69, 9.17) is 11.6 Å². The first-order valence-electron chi connectivity index (χ1n) is 7.86. The fourth-order valence-corrected chi connectivity index (χ4v) is 3.60. The lowest BCUT2D eigenvalue weighted by Crippen LogP contribution is -2.42. The monoisotopic (exact) mass is 335 g/mol. The van der Waals surface area contributed by atoms with E-state index in [0.717, 1.165) is 19.4 Å². The second-order valence-electron chi connectivity index (χ2n) is 6.15. The smallest absolute Gasteiger partial charge is 0.267 e. The van der Waals surface area contributed by atoms with Gasteiger partial charge in [-0.2, -0.15) is 5.10 Å². The molecule has 0 saturated carbocycles. The van der Waals surface area contributed by atoms with Gasteiger partial charge in [-0.25, -0.2) is 0 Å². The van der Waals surface area contributed by atoms with Crippen molar-refractivity contribution in [2.24, 2.45) is 13.0 Å². The summed E-state index contributed by atoms with van der Waals surface area (Å²) in [5.74, 6) is 0.243. The molecule has 7 heteroatoms. The van der Waals surface area contributed by atoms with Gasteiger partial charge in [0.15, 0.2) is 0 Å². The van der Waals surface area contributed by atoms with E-state index in [0.29, 0.717) is 23.2 Å². The van der Waals surface area contributed by atoms with Crippen LogP contribution in [0.5, 0.6) is 0 Å². The van der Waals surface area contributed by atoms with Crippen molar-refractivity contribution in [2.75, 3.05) is 20.1 Å². The number of hydrogen-bond acceptors (Lipinski definition) is 3. The number of aryl methyl sites for hydroxylation is 1. The summed E-state index contributed by atoms with van der Waals surface area (Å²) in [6.45, 7) is 1.70. The summed E-state index contributed by atoms with van der Waals surface area (Å²) < 4.78 is 1.92. The molecule has 2 N–H and O–H groups in total. The molecule has 1 aliphatic heterocycles. The van der Waals surface area contributed by atoms with Crippen LogP contribution < -0.4 is 5.32 Å². The molecule has 2 aromatic heterocycles. The normalized spacial score (nSPS) is 22.2. The van der Waals surface area contributed by atoms with Crippen LogP contribution in [0.2, 0.25) is 5.02 Å². The molecular weight excluding hydrogens is 314 g/mol. The van der Waals surface area contributed by atoms with Gasteiger partial charge in [-0.15, -0.1) is 0 Å². The van der Waals surface area contributed by atoms with Gasteiger partial charge >= 0.3 is 0 Å². The second kappa shape index (κ2) is 6.76. The predicted molar refractivity (Wildman–Crippen MR) is 89.4 cm³/mol. The fraction of sp³-hybridized carbons (Fsp3) is 0.500. The Morgan fingerprint density at radius 2 is 2.35 bits per heavy atom. The van der Waals surface area contributed by atoms with Gasteiger partial charge in [0, 0.05) is 26.0 Å². The molecule has 2 atom stereocenters. The number of H-pyrrole nitrogens is 1. The first-order chi connectivity index (χ1) is 11.1. The van der Waals surface area contributed by atoms with Crippen molar-refractivity contribution in [1.29, 1.82) is 0 Å². The highest BCUT2D eigenvalue weighted by Crippen LogP contribution is 2.34. The van der Waals surface area contributed by atoms with Crippen LogP contribution in [0, 0.1) is 5.92 Å². The largest absolute Gasteiger partial charge is 0.356 e. The average molecular weight is 336 g/mol. The van der Waals surface area contributed by atoms with Gasteiger partial charge in [-0.1, -0.05) is 11.6 Å². The number of likely N-dealkylation sites (tertiary alicyclic amines) is 1. The summed E-state index contributed by atoms with van der Waals surface area (Å²) in [4.78, 5) is 17.4. The van der Waals surface area contributed by atoms with Crippen molar-refractivity contribution in [3.63, 3.8) is 0 Å². The zero-order chi connectivity index (χ0) is 16.4. The minimum atomic E-state index is -0.117. The molecule has 124 valence electrons. The van der Waals surface area contributed by atoms with Crippen LogP contribution >= 0.6 is 11.6 Å². The minimum absolute atomic E-state index is 0.117. The number of aromatic amines is 1. The maximum atomic E-state index is 12.2. The highest BCUT2D eigenvalue weighted by molar-refractivity contribution is 6.30. The summed E-state index contributed by atoms with van der Waals surface area (Å²) >= 11 is 5.85. The fourth-order valence-electron chi connectivity index (χ4n) is 3.43. The molecule has 0 aliphatic carbocycles. The van der Waals surface area contributed by atoms with Crippen molar-refractivity contribution >= 4 is 17.5 Å². The Balaban J connectivity index is 1.69. The zero-order valence-electron chi connectivity index (χ0n) is 13.4. The lowest BCUT2D eigenvalue weighted by Gasteiger charge is -2.39. The highest BCUT2D eigenvalue weighted by atomic mass is 35.5. The molecule has 1 amide bonds. The Hall–Kier alpha value is -1.79. The number of carbonyl (C=O) groups is 1. The maximum absolute atomic E-state index is 12.2. The van der Waals surface area contributed by atoms with E-state index in [2.05, 4.69) is 33.4 Å². The molecule has 6 nitrogen and oxygen atoms in total. The van der Waals surface area contributed by atoms with Crippen molar-refractivity contribution in [1.82, 2.24) is 25.0 Å². The Kier molecular flexibility index (Phi) is 4.73. The van der Waals surface area contributed by atoms with E-state index in [1.165, 1.54) is 5.69 Å². The summed E-state index contributed by atoms with van der Waals surface area (Å²) in [5.41, 5.74) is 1.69. The molecule has 3 rings (SSSR count). The van der Waals surface area contributed by atoms with Crippen LogP contribution in [-0.2, 0) is 7.05 Å². The third-order valence-electron chi connectivity index (χ3n) is 4.59. The Labute approximate surface area is 140 Å². The third-order valence-corrected chi connectivity index (χ3v) is 4.80. The van der Waals surface area contributed by atoms with Crippen LogP contribution in [0.1, 0.15) is 35.1 Å². The van der Waals surface area contributed by atoms with Gasteiger partial charge in [-0.3, -0.25) is 14.4 Å². The van der Waals surface area contributed by atoms with Gasteiger partial charge in [-0.05, 0) is 44.5 Å². The zero-order valence-corrected chi connectivity index (χ0v) is 14.2. The van der Waals surface area contributed by atoms with Crippen molar-refractivity contribution in [3.05, 3.63) is 40.9 Å². The van der Waals surface area contributed by atoms with Crippen molar-refractivity contribution in [3.8, 4) is 0 Å². The lowest BCUT2D eigenvalue weighted by atomic mass is 9.87. The first-order valence-corrected chi connectivity index (χ1v) is 8.24. The van der Waals surface area contributed by atoms with Crippen LogP contribution in [0.4, 0.5) is 0 Å². The number of amides is 1. The van der Waals surface area contributed by atoms with Crippen LogP contribution in [-0.4, -0.2) is 45.7 Å². The molecule has 0 aromatic carbocycles. The number of aromatic nitrogens is 3. The maximum Gasteiger partial charge on any atom is 0.267 e. The topological polar surface area (TPSA) is 66.0 Å². The molecule has 1 saturated heterocycles. The standard InChI is InChI=1S/C16H22ClN5O/c1-21-7-3-4-11(15(21)14-5-6-20-22(14)2)9-19-16(23)13-8-12(17)10-18-13/h5-6,8,10-11,15,18H,3-4,7,9H2,1-2H3,(H,19,23)/t11-,15+/m0/s1. The summed E-state index contributed by atoms with van der Waals surface area (Å²) in [7, 11) is 4.10. The molecule has 0 unspecified atom stereocenters. The van der Waals surface area contributed by atoms with E-state index in [1.807, 2.05) is 17.9 Å². The number of halogens is 1. The number of rotatable bonds is 4. The molecule has 23 heavy (non-hydrogen) atoms. The van der Waals surface area contributed by atoms with Crippen LogP contribution in [0.25, 0.3) is 0 Å². The van der Waals surface area contributed by atoms with Gasteiger partial charge in [0.2, 0.25) is 0 Å². The molecular formula is C16H22ClN5O. The van der Waals surface area contributed by atoms with Crippen LogP contribution in [0.15, 0.2) is 24.5 Å². The van der Waals surface area contributed by atoms with Crippen molar-refractivity contribution < 1.29 is 4.79 Å². The number of hydrogen-bond donors (Lipinski definition) is 2. The van der Waals surface area contributed by atoms with Gasteiger partial charge in [0.1, 0.15) is 5.69 Å². The van der Waals surface area contributed by atoms with E-state index >= 15 is 0 Å². The Morgan fingerprint density at radius 1 is 1.52 bits per heavy atom. The predicted octanol–water partition coefficient (Wildman–Crippen LogP) is 2.21. The average Bonchev–Trinajstić information content (AvgIpc) is 3.13. The summed E-state index contributed by atoms with van der Waals surface area (Å²) in [6, 6.07) is 3.97. The molecule has 0 bridgehead atoms. The van der Waals surface area contributed by atoms with Gasteiger partial charge < -0.3 is 10.3 Å². The minimum Gasteiger partial charge on any atom is -0.356 e.